The number of rotatable bonds is 4. The van der Waals surface area contributed by atoms with Crippen molar-refractivity contribution in [1.82, 2.24) is 9.97 Å². The number of benzene rings is 1. The molecule has 0 radical (unpaired) electrons. The zero-order valence-electron chi connectivity index (χ0n) is 12.0. The van der Waals surface area contributed by atoms with Crippen LogP contribution >= 0.6 is 11.8 Å². The van der Waals surface area contributed by atoms with Gasteiger partial charge in [0.05, 0.1) is 4.92 Å². The molecule has 0 unspecified atom stereocenters. The van der Waals surface area contributed by atoms with Gasteiger partial charge in [0, 0.05) is 4.90 Å². The highest BCUT2D eigenvalue weighted by Gasteiger charge is 2.22. The van der Waals surface area contributed by atoms with Gasteiger partial charge in [-0.3, -0.25) is 10.1 Å². The quantitative estimate of drug-likeness (QED) is 0.527. The van der Waals surface area contributed by atoms with Crippen LogP contribution in [-0.4, -0.2) is 14.9 Å². The molecule has 0 spiro atoms. The maximum Gasteiger partial charge on any atom is 0.322 e. The Morgan fingerprint density at radius 3 is 2.38 bits per heavy atom. The van der Waals surface area contributed by atoms with Gasteiger partial charge in [0.2, 0.25) is 5.95 Å². The lowest BCUT2D eigenvalue weighted by Crippen LogP contribution is -2.04. The Bertz CT molecular complexity index is 671. The molecule has 2 rings (SSSR count). The molecule has 0 saturated heterocycles. The summed E-state index contributed by atoms with van der Waals surface area (Å²) in [6.07, 6.45) is 0. The van der Waals surface area contributed by atoms with E-state index in [1.807, 2.05) is 24.3 Å². The van der Waals surface area contributed by atoms with Crippen LogP contribution in [0.25, 0.3) is 0 Å². The molecule has 1 aromatic heterocycles. The van der Waals surface area contributed by atoms with Crippen LogP contribution in [0.3, 0.4) is 0 Å². The van der Waals surface area contributed by atoms with E-state index in [2.05, 4.69) is 23.8 Å². The van der Waals surface area contributed by atoms with Gasteiger partial charge in [0.25, 0.3) is 0 Å². The lowest BCUT2D eigenvalue weighted by atomic mass is 10.0. The number of hydrogen-bond acceptors (Lipinski definition) is 6. The van der Waals surface area contributed by atoms with Crippen molar-refractivity contribution in [3.05, 3.63) is 45.6 Å². The molecule has 21 heavy (non-hydrogen) atoms. The molecule has 2 N–H and O–H groups in total. The van der Waals surface area contributed by atoms with Gasteiger partial charge >= 0.3 is 5.69 Å². The van der Waals surface area contributed by atoms with Crippen LogP contribution in [0, 0.1) is 17.0 Å². The van der Waals surface area contributed by atoms with E-state index in [1.54, 1.807) is 6.92 Å². The highest BCUT2D eigenvalue weighted by molar-refractivity contribution is 7.99. The first-order valence-corrected chi connectivity index (χ1v) is 7.26. The van der Waals surface area contributed by atoms with Crippen molar-refractivity contribution in [3.63, 3.8) is 0 Å². The maximum absolute atomic E-state index is 11.2. The molecule has 0 fully saturated rings. The number of nitrogens with two attached hydrogens (primary N) is 1. The van der Waals surface area contributed by atoms with Crippen molar-refractivity contribution >= 4 is 23.4 Å². The van der Waals surface area contributed by atoms with Crippen LogP contribution in [-0.2, 0) is 0 Å². The Morgan fingerprint density at radius 2 is 1.86 bits per heavy atom. The molecular formula is C14H16N4O2S. The Morgan fingerprint density at radius 1 is 1.24 bits per heavy atom. The normalized spacial score (nSPS) is 10.9. The molecule has 6 nitrogen and oxygen atoms in total. The number of nitrogen functional groups attached to an aromatic ring is 1. The molecule has 110 valence electrons. The van der Waals surface area contributed by atoms with Crippen molar-refractivity contribution in [3.8, 4) is 0 Å². The predicted octanol–water partition coefficient (Wildman–Crippen LogP) is 3.55. The fourth-order valence-electron chi connectivity index (χ4n) is 1.88. The summed E-state index contributed by atoms with van der Waals surface area (Å²) in [5.41, 5.74) is 6.98. The lowest BCUT2D eigenvalue weighted by molar-refractivity contribution is -0.389. The summed E-state index contributed by atoms with van der Waals surface area (Å²) in [6.45, 7) is 5.78. The molecular weight excluding hydrogens is 288 g/mol. The van der Waals surface area contributed by atoms with Gasteiger partial charge in [-0.05, 0) is 30.5 Å². The minimum Gasteiger partial charge on any atom is -0.368 e. The molecule has 0 amide bonds. The van der Waals surface area contributed by atoms with Gasteiger partial charge in [-0.2, -0.15) is 4.98 Å². The van der Waals surface area contributed by atoms with Crippen LogP contribution in [0.2, 0.25) is 0 Å². The third kappa shape index (κ3) is 3.49. The van der Waals surface area contributed by atoms with E-state index in [0.29, 0.717) is 5.92 Å². The van der Waals surface area contributed by atoms with Crippen LogP contribution in [0.1, 0.15) is 31.0 Å². The van der Waals surface area contributed by atoms with Crippen molar-refractivity contribution in [1.29, 1.82) is 0 Å². The number of nitro groups is 1. The van der Waals surface area contributed by atoms with Crippen molar-refractivity contribution in [2.24, 2.45) is 0 Å². The number of hydrogen-bond donors (Lipinski definition) is 1. The van der Waals surface area contributed by atoms with E-state index in [9.17, 15) is 10.1 Å². The first kappa shape index (κ1) is 15.2. The highest BCUT2D eigenvalue weighted by Crippen LogP contribution is 2.35. The van der Waals surface area contributed by atoms with Crippen LogP contribution < -0.4 is 5.73 Å². The number of nitrogens with zero attached hydrogens (tertiary/aromatic N) is 3. The predicted molar refractivity (Wildman–Crippen MR) is 82.5 cm³/mol. The fraction of sp³-hybridized carbons (Fsp3) is 0.286. The third-order valence-electron chi connectivity index (χ3n) is 2.99. The first-order chi connectivity index (χ1) is 9.88. The Hall–Kier alpha value is -2.15. The Kier molecular flexibility index (Phi) is 4.42. The SMILES string of the molecule is Cc1nc(N)nc(Sc2ccc(C(C)C)cc2)c1[N+](=O)[O-]. The molecule has 1 aromatic carbocycles. The number of aryl methyl sites for hydroxylation is 1. The minimum absolute atomic E-state index is 0.0411. The second-order valence-corrected chi connectivity index (χ2v) is 5.97. The maximum atomic E-state index is 11.2. The average molecular weight is 304 g/mol. The third-order valence-corrected chi connectivity index (χ3v) is 3.97. The van der Waals surface area contributed by atoms with Gasteiger partial charge in [0.15, 0.2) is 5.03 Å². The van der Waals surface area contributed by atoms with E-state index in [1.165, 1.54) is 17.3 Å². The second kappa shape index (κ2) is 6.09. The first-order valence-electron chi connectivity index (χ1n) is 6.44. The summed E-state index contributed by atoms with van der Waals surface area (Å²) in [5, 5.41) is 11.4. The smallest absolute Gasteiger partial charge is 0.322 e. The molecule has 0 saturated carbocycles. The van der Waals surface area contributed by atoms with Crippen LogP contribution in [0.4, 0.5) is 11.6 Å². The molecule has 0 aliphatic heterocycles. The summed E-state index contributed by atoms with van der Waals surface area (Å²) in [5.74, 6) is 0.481. The Balaban J connectivity index is 2.37. The van der Waals surface area contributed by atoms with E-state index < -0.39 is 4.92 Å². The summed E-state index contributed by atoms with van der Waals surface area (Å²) < 4.78 is 0. The van der Waals surface area contributed by atoms with Gasteiger partial charge < -0.3 is 5.73 Å². The summed E-state index contributed by atoms with van der Waals surface area (Å²) >= 11 is 1.22. The van der Waals surface area contributed by atoms with Gasteiger partial charge in [-0.25, -0.2) is 4.98 Å². The number of aromatic nitrogens is 2. The second-order valence-electron chi connectivity index (χ2n) is 4.90. The summed E-state index contributed by atoms with van der Waals surface area (Å²) in [4.78, 5) is 19.4. The molecule has 1 heterocycles. The monoisotopic (exact) mass is 304 g/mol. The van der Waals surface area contributed by atoms with Gasteiger partial charge in [-0.15, -0.1) is 0 Å². The van der Waals surface area contributed by atoms with Crippen LogP contribution in [0.15, 0.2) is 34.2 Å². The zero-order valence-corrected chi connectivity index (χ0v) is 12.8. The largest absolute Gasteiger partial charge is 0.368 e. The topological polar surface area (TPSA) is 94.9 Å². The number of anilines is 1. The van der Waals surface area contributed by atoms with Gasteiger partial charge in [-0.1, -0.05) is 37.7 Å². The van der Waals surface area contributed by atoms with Crippen molar-refractivity contribution in [2.75, 3.05) is 5.73 Å². The summed E-state index contributed by atoms with van der Waals surface area (Å²) in [7, 11) is 0. The molecule has 0 atom stereocenters. The van der Waals surface area contributed by atoms with E-state index in [4.69, 9.17) is 5.73 Å². The molecule has 2 aromatic rings. The fourth-order valence-corrected chi connectivity index (χ4v) is 2.83. The zero-order chi connectivity index (χ0) is 15.6. The van der Waals surface area contributed by atoms with Crippen molar-refractivity contribution < 1.29 is 4.92 Å². The minimum atomic E-state index is -0.473. The van der Waals surface area contributed by atoms with Crippen molar-refractivity contribution in [2.45, 2.75) is 36.6 Å². The standard InChI is InChI=1S/C14H16N4O2S/c1-8(2)10-4-6-11(7-5-10)21-13-12(18(19)20)9(3)16-14(15)17-13/h4-8H,1-3H3,(H2,15,16,17). The van der Waals surface area contributed by atoms with E-state index in [0.717, 1.165) is 4.90 Å². The molecule has 0 aliphatic carbocycles. The Labute approximate surface area is 127 Å². The molecule has 7 heteroatoms. The van der Waals surface area contributed by atoms with E-state index >= 15 is 0 Å². The van der Waals surface area contributed by atoms with Gasteiger partial charge in [0.1, 0.15) is 5.69 Å². The summed E-state index contributed by atoms with van der Waals surface area (Å²) in [6, 6.07) is 7.88. The average Bonchev–Trinajstić information content (AvgIpc) is 2.37. The van der Waals surface area contributed by atoms with E-state index in [-0.39, 0.29) is 22.4 Å². The van der Waals surface area contributed by atoms with Crippen LogP contribution in [0.5, 0.6) is 0 Å². The lowest BCUT2D eigenvalue weighted by Gasteiger charge is -2.07. The molecule has 0 bridgehead atoms. The molecule has 0 aliphatic rings. The highest BCUT2D eigenvalue weighted by atomic mass is 32.2.